The van der Waals surface area contributed by atoms with Crippen molar-refractivity contribution < 1.29 is 10.2 Å². The summed E-state index contributed by atoms with van der Waals surface area (Å²) in [5, 5.41) is 22.4. The molecule has 0 aliphatic carbocycles. The summed E-state index contributed by atoms with van der Waals surface area (Å²) in [5.74, 6) is 0.787. The molecule has 0 radical (unpaired) electrons. The monoisotopic (exact) mass is 660 g/mol. The van der Waals surface area contributed by atoms with E-state index < -0.39 is 0 Å². The summed E-state index contributed by atoms with van der Waals surface area (Å²) in [6, 6.07) is 53.7. The average molecular weight is 661 g/mol. The first kappa shape index (κ1) is 36.2. The quantitative estimate of drug-likeness (QED) is 0.171. The van der Waals surface area contributed by atoms with Crippen molar-refractivity contribution in [2.45, 2.75) is 77.0 Å². The fourth-order valence-corrected chi connectivity index (χ4v) is 7.15. The molecular weight excluding hydrogens is 609 g/mol. The van der Waals surface area contributed by atoms with Crippen LogP contribution in [0.4, 0.5) is 0 Å². The maximum atomic E-state index is 11.2. The van der Waals surface area contributed by atoms with Gasteiger partial charge in [-0.3, -0.25) is 0 Å². The van der Waals surface area contributed by atoms with Gasteiger partial charge in [-0.25, -0.2) is 0 Å². The molecule has 2 nitrogen and oxygen atoms in total. The van der Waals surface area contributed by atoms with Crippen LogP contribution in [0.5, 0.6) is 11.5 Å². The summed E-state index contributed by atoms with van der Waals surface area (Å²) in [4.78, 5) is 0. The van der Waals surface area contributed by atoms with Gasteiger partial charge in [-0.2, -0.15) is 0 Å². The van der Waals surface area contributed by atoms with Gasteiger partial charge in [-0.15, -0.1) is 0 Å². The molecular formula is C48H52O2. The van der Waals surface area contributed by atoms with E-state index in [1.54, 1.807) is 0 Å². The van der Waals surface area contributed by atoms with Gasteiger partial charge in [-0.1, -0.05) is 213 Å². The molecule has 0 saturated carbocycles. The predicted octanol–water partition coefficient (Wildman–Crippen LogP) is 12.1. The Morgan fingerprint density at radius 1 is 0.260 bits per heavy atom. The van der Waals surface area contributed by atoms with Crippen molar-refractivity contribution in [3.8, 4) is 11.5 Å². The van der Waals surface area contributed by atoms with Gasteiger partial charge in [0.2, 0.25) is 0 Å². The van der Waals surface area contributed by atoms with Crippen LogP contribution in [-0.2, 0) is 21.7 Å². The van der Waals surface area contributed by atoms with Gasteiger partial charge >= 0.3 is 0 Å². The minimum atomic E-state index is -0.270. The lowest BCUT2D eigenvalue weighted by atomic mass is 9.72. The zero-order chi connectivity index (χ0) is 36.2. The fourth-order valence-electron chi connectivity index (χ4n) is 7.15. The topological polar surface area (TPSA) is 40.5 Å². The van der Waals surface area contributed by atoms with Crippen LogP contribution in [0.1, 0.15) is 99.9 Å². The molecule has 50 heavy (non-hydrogen) atoms. The van der Waals surface area contributed by atoms with Gasteiger partial charge in [0.05, 0.1) is 0 Å². The molecule has 0 saturated heterocycles. The maximum absolute atomic E-state index is 11.2. The SMILES string of the molecule is CC(C)(c1ccccc1)c1cccc(C(C)(C)c2ccccc2)c1O.CC(C)(c1ccccc1)c1cccc(C(C)(C)c2ccccc2)c1O. The van der Waals surface area contributed by atoms with Crippen molar-refractivity contribution in [3.05, 3.63) is 202 Å². The Bertz CT molecular complexity index is 1700. The van der Waals surface area contributed by atoms with E-state index in [2.05, 4.69) is 116 Å². The zero-order valence-corrected chi connectivity index (χ0v) is 30.9. The largest absolute Gasteiger partial charge is 0.507 e. The molecule has 0 atom stereocenters. The van der Waals surface area contributed by atoms with Crippen molar-refractivity contribution >= 4 is 0 Å². The lowest BCUT2D eigenvalue weighted by Crippen LogP contribution is -2.23. The summed E-state index contributed by atoms with van der Waals surface area (Å²) in [7, 11) is 0. The third-order valence-electron chi connectivity index (χ3n) is 10.7. The van der Waals surface area contributed by atoms with Crippen LogP contribution in [-0.4, -0.2) is 10.2 Å². The number of hydrogen-bond acceptors (Lipinski definition) is 2. The fraction of sp³-hybridized carbons (Fsp3) is 0.250. The van der Waals surface area contributed by atoms with Crippen molar-refractivity contribution in [1.29, 1.82) is 0 Å². The van der Waals surface area contributed by atoms with Gasteiger partial charge < -0.3 is 10.2 Å². The van der Waals surface area contributed by atoms with Gasteiger partial charge in [-0.05, 0) is 22.3 Å². The summed E-state index contributed by atoms with van der Waals surface area (Å²) >= 11 is 0. The lowest BCUT2D eigenvalue weighted by Gasteiger charge is -2.32. The van der Waals surface area contributed by atoms with E-state index in [0.717, 1.165) is 22.3 Å². The van der Waals surface area contributed by atoms with E-state index >= 15 is 0 Å². The van der Waals surface area contributed by atoms with Crippen LogP contribution in [0, 0.1) is 0 Å². The first-order chi connectivity index (χ1) is 23.7. The molecule has 0 heterocycles. The van der Waals surface area contributed by atoms with Crippen LogP contribution in [0.2, 0.25) is 0 Å². The highest BCUT2D eigenvalue weighted by Gasteiger charge is 2.33. The molecule has 6 rings (SSSR count). The minimum absolute atomic E-state index is 0.270. The summed E-state index contributed by atoms with van der Waals surface area (Å²) in [5.41, 5.74) is 7.53. The van der Waals surface area contributed by atoms with Gasteiger partial charge in [0.1, 0.15) is 11.5 Å². The molecule has 0 unspecified atom stereocenters. The third kappa shape index (κ3) is 7.12. The number of phenolic OH excluding ortho intramolecular Hbond substituents is 2. The number of rotatable bonds is 8. The normalized spacial score (nSPS) is 12.2. The molecule has 0 spiro atoms. The van der Waals surface area contributed by atoms with E-state index in [9.17, 15) is 10.2 Å². The Hall–Kier alpha value is -5.08. The molecule has 6 aromatic carbocycles. The Morgan fingerprint density at radius 3 is 0.620 bits per heavy atom. The van der Waals surface area contributed by atoms with Gasteiger partial charge in [0.15, 0.2) is 0 Å². The number of phenols is 2. The number of hydrogen-bond donors (Lipinski definition) is 2. The first-order valence-electron chi connectivity index (χ1n) is 17.6. The van der Waals surface area contributed by atoms with Crippen LogP contribution >= 0.6 is 0 Å². The standard InChI is InChI=1S/2C24H26O/c2*1-23(2,18-12-7-5-8-13-18)20-16-11-17-21(22(20)25)24(3,4)19-14-9-6-10-15-19/h2*5-17,25H,1-4H3. The number of aromatic hydroxyl groups is 2. The molecule has 0 aliphatic rings. The first-order valence-corrected chi connectivity index (χ1v) is 17.6. The van der Waals surface area contributed by atoms with Crippen molar-refractivity contribution in [1.82, 2.24) is 0 Å². The van der Waals surface area contributed by atoms with E-state index in [4.69, 9.17) is 0 Å². The van der Waals surface area contributed by atoms with E-state index in [1.165, 1.54) is 22.3 Å². The maximum Gasteiger partial charge on any atom is 0.123 e. The van der Waals surface area contributed by atoms with Crippen molar-refractivity contribution in [2.24, 2.45) is 0 Å². The highest BCUT2D eigenvalue weighted by molar-refractivity contribution is 5.55. The Balaban J connectivity index is 0.000000194. The van der Waals surface area contributed by atoms with Gasteiger partial charge in [0, 0.05) is 43.9 Å². The Morgan fingerprint density at radius 2 is 0.440 bits per heavy atom. The average Bonchev–Trinajstić information content (AvgIpc) is 3.13. The van der Waals surface area contributed by atoms with Crippen molar-refractivity contribution in [3.63, 3.8) is 0 Å². The molecule has 0 aromatic heterocycles. The van der Waals surface area contributed by atoms with Gasteiger partial charge in [0.25, 0.3) is 0 Å². The molecule has 0 fully saturated rings. The Kier molecular flexibility index (Phi) is 10.4. The molecule has 256 valence electrons. The second kappa shape index (κ2) is 14.4. The summed E-state index contributed by atoms with van der Waals surface area (Å²) in [6.45, 7) is 17.3. The van der Waals surface area contributed by atoms with E-state index in [-0.39, 0.29) is 21.7 Å². The van der Waals surface area contributed by atoms with E-state index in [0.29, 0.717) is 11.5 Å². The van der Waals surface area contributed by atoms with Crippen LogP contribution in [0.15, 0.2) is 158 Å². The number of para-hydroxylation sites is 2. The van der Waals surface area contributed by atoms with E-state index in [1.807, 2.05) is 97.1 Å². The van der Waals surface area contributed by atoms with Crippen LogP contribution in [0.3, 0.4) is 0 Å². The summed E-state index contributed by atoms with van der Waals surface area (Å²) < 4.78 is 0. The molecule has 2 N–H and O–H groups in total. The third-order valence-corrected chi connectivity index (χ3v) is 10.7. The second-order valence-corrected chi connectivity index (χ2v) is 15.4. The lowest BCUT2D eigenvalue weighted by molar-refractivity contribution is 0.432. The van der Waals surface area contributed by atoms with Crippen LogP contribution < -0.4 is 0 Å². The smallest absolute Gasteiger partial charge is 0.123 e. The highest BCUT2D eigenvalue weighted by atomic mass is 16.3. The molecule has 0 aliphatic heterocycles. The van der Waals surface area contributed by atoms with Crippen molar-refractivity contribution in [2.75, 3.05) is 0 Å². The molecule has 2 heteroatoms. The highest BCUT2D eigenvalue weighted by Crippen LogP contribution is 2.45. The van der Waals surface area contributed by atoms with Crippen LogP contribution in [0.25, 0.3) is 0 Å². The Labute approximate surface area is 300 Å². The molecule has 0 amide bonds. The molecule has 6 aromatic rings. The second-order valence-electron chi connectivity index (χ2n) is 15.4. The molecule has 0 bridgehead atoms. The predicted molar refractivity (Wildman–Crippen MR) is 210 cm³/mol. The zero-order valence-electron chi connectivity index (χ0n) is 30.9. The minimum Gasteiger partial charge on any atom is -0.507 e. The number of benzene rings is 6. The summed E-state index contributed by atoms with van der Waals surface area (Å²) in [6.07, 6.45) is 0.